The first-order valence-corrected chi connectivity index (χ1v) is 31.7. The number of allylic oxidation sites excluding steroid dienone is 12. The Balaban J connectivity index is 4.18. The Morgan fingerprint density at radius 2 is 0.781 bits per heavy atom. The maximum atomic E-state index is 12.8. The maximum absolute atomic E-state index is 12.8. The van der Waals surface area contributed by atoms with E-state index in [-0.39, 0.29) is 32.0 Å². The van der Waals surface area contributed by atoms with Crippen molar-refractivity contribution in [3.05, 3.63) is 72.9 Å². The summed E-state index contributed by atoms with van der Waals surface area (Å²) in [5.41, 5.74) is 0. The number of unbranched alkanes of at least 4 members (excludes halogenated alkanes) is 29. The van der Waals surface area contributed by atoms with E-state index < -0.39 is 26.5 Å². The highest BCUT2D eigenvalue weighted by atomic mass is 31.2. The van der Waals surface area contributed by atoms with Crippen molar-refractivity contribution in [3.8, 4) is 0 Å². The molecule has 10 heteroatoms. The van der Waals surface area contributed by atoms with E-state index in [1.165, 1.54) is 135 Å². The predicted octanol–water partition coefficient (Wildman–Crippen LogP) is 18.9. The van der Waals surface area contributed by atoms with Gasteiger partial charge in [0.25, 0.3) is 0 Å². The average Bonchev–Trinajstić information content (AvgIpc) is 3.35. The molecule has 1 N–H and O–H groups in total. The number of ether oxygens (including phenoxy) is 2. The molecule has 9 nitrogen and oxygen atoms in total. The lowest BCUT2D eigenvalue weighted by Gasteiger charge is -2.24. The van der Waals surface area contributed by atoms with Gasteiger partial charge in [0.15, 0.2) is 6.10 Å². The molecule has 0 radical (unpaired) electrons. The van der Waals surface area contributed by atoms with Gasteiger partial charge in [-0.15, -0.1) is 0 Å². The van der Waals surface area contributed by atoms with Gasteiger partial charge in [-0.05, 0) is 64.2 Å². The van der Waals surface area contributed by atoms with Crippen LogP contribution in [0.5, 0.6) is 0 Å². The fraction of sp³-hybridized carbons (Fsp3) is 0.778. The third kappa shape index (κ3) is 58.6. The number of nitrogens with zero attached hydrogens (tertiary/aromatic N) is 1. The Labute approximate surface area is 450 Å². The Morgan fingerprint density at radius 3 is 1.16 bits per heavy atom. The summed E-state index contributed by atoms with van der Waals surface area (Å²) in [5.74, 6) is -0.807. The van der Waals surface area contributed by atoms with Crippen LogP contribution in [0.3, 0.4) is 0 Å². The number of carbonyl (C=O) groups is 2. The van der Waals surface area contributed by atoms with E-state index in [2.05, 4.69) is 86.8 Å². The largest absolute Gasteiger partial charge is 0.472 e. The third-order valence-corrected chi connectivity index (χ3v) is 14.0. The van der Waals surface area contributed by atoms with Crippen molar-refractivity contribution < 1.29 is 42.1 Å². The molecule has 0 aliphatic rings. The molecule has 0 spiro atoms. The zero-order valence-electron chi connectivity index (χ0n) is 48.1. The molecule has 0 rings (SSSR count). The van der Waals surface area contributed by atoms with Gasteiger partial charge < -0.3 is 18.9 Å². The Hall–Kier alpha value is -2.55. The summed E-state index contributed by atoms with van der Waals surface area (Å²) in [4.78, 5) is 35.7. The molecule has 0 aliphatic heterocycles. The van der Waals surface area contributed by atoms with Crippen molar-refractivity contribution in [2.45, 2.75) is 270 Å². The second kappa shape index (κ2) is 54.2. The standard InChI is InChI=1S/C63H114NO8P/c1-6-8-10-12-14-16-18-20-22-24-26-28-30-32-34-36-38-40-42-44-46-48-50-52-54-56-63(66)72-61(60-71-73(67,68)70-58-57-64(3,4)5)59-69-62(65)55-53-51-49-47-45-43-41-39-37-35-33-31-29-27-25-23-21-19-17-15-13-11-9-7-2/h8,10,14,16,20,22,26,28,32,34,38,40,61H,6-7,9,11-13,15,17-19,21,23-25,27,29-31,33,35-37,39,41-60H2,1-5H3/p+1/b10-8-,16-14-,22-20-,28-26-,34-32-,40-38-. The van der Waals surface area contributed by atoms with Crippen LogP contribution in [0.15, 0.2) is 72.9 Å². The van der Waals surface area contributed by atoms with E-state index in [4.69, 9.17) is 18.5 Å². The minimum absolute atomic E-state index is 0.0266. The second-order valence-electron chi connectivity index (χ2n) is 21.4. The first-order valence-electron chi connectivity index (χ1n) is 30.2. The molecule has 0 aromatic rings. The summed E-state index contributed by atoms with van der Waals surface area (Å²) < 4.78 is 34.6. The van der Waals surface area contributed by atoms with Crippen molar-refractivity contribution in [1.82, 2.24) is 0 Å². The molecule has 0 saturated carbocycles. The molecule has 0 heterocycles. The highest BCUT2D eigenvalue weighted by molar-refractivity contribution is 7.47. The summed E-state index contributed by atoms with van der Waals surface area (Å²) in [7, 11) is 1.47. The number of quaternary nitrogens is 1. The summed E-state index contributed by atoms with van der Waals surface area (Å²) >= 11 is 0. The molecule has 73 heavy (non-hydrogen) atoms. The normalized spacial score (nSPS) is 13.8. The van der Waals surface area contributed by atoms with Crippen LogP contribution < -0.4 is 0 Å². The van der Waals surface area contributed by atoms with Gasteiger partial charge in [-0.2, -0.15) is 0 Å². The quantitative estimate of drug-likeness (QED) is 0.0211. The topological polar surface area (TPSA) is 108 Å². The first-order chi connectivity index (χ1) is 35.5. The monoisotopic (exact) mass is 1040 g/mol. The number of phosphoric acid groups is 1. The smallest absolute Gasteiger partial charge is 0.462 e. The second-order valence-corrected chi connectivity index (χ2v) is 22.8. The highest BCUT2D eigenvalue weighted by Gasteiger charge is 2.27. The lowest BCUT2D eigenvalue weighted by molar-refractivity contribution is -0.870. The van der Waals surface area contributed by atoms with E-state index in [0.717, 1.165) is 96.3 Å². The molecule has 0 amide bonds. The number of esters is 2. The fourth-order valence-electron chi connectivity index (χ4n) is 8.37. The lowest BCUT2D eigenvalue weighted by atomic mass is 10.0. The fourth-order valence-corrected chi connectivity index (χ4v) is 9.12. The van der Waals surface area contributed by atoms with Gasteiger partial charge in [0.05, 0.1) is 27.7 Å². The van der Waals surface area contributed by atoms with Gasteiger partial charge in [0.2, 0.25) is 0 Å². The molecule has 0 fully saturated rings. The van der Waals surface area contributed by atoms with Crippen LogP contribution in [-0.2, 0) is 32.7 Å². The first kappa shape index (κ1) is 70.5. The molecular weight excluding hydrogens is 930 g/mol. The number of rotatable bonds is 55. The van der Waals surface area contributed by atoms with E-state index in [1.54, 1.807) is 0 Å². The van der Waals surface area contributed by atoms with Crippen LogP contribution >= 0.6 is 7.82 Å². The molecule has 424 valence electrons. The van der Waals surface area contributed by atoms with Gasteiger partial charge in [-0.25, -0.2) is 4.57 Å². The Bertz CT molecular complexity index is 1460. The SMILES string of the molecule is CC/C=C\C/C=C\C/C=C\C/C=C\C/C=C\C/C=C\CCCCCCCCC(=O)OC(COC(=O)CCCCCCCCCCCCCCCCCCCCCCCCCC)COP(=O)(O)OCC[N+](C)(C)C. The summed E-state index contributed by atoms with van der Waals surface area (Å²) in [6.07, 6.45) is 71.2. The van der Waals surface area contributed by atoms with E-state index in [9.17, 15) is 19.0 Å². The van der Waals surface area contributed by atoms with Crippen LogP contribution in [0.2, 0.25) is 0 Å². The molecule has 2 atom stereocenters. The van der Waals surface area contributed by atoms with Crippen molar-refractivity contribution >= 4 is 19.8 Å². The van der Waals surface area contributed by atoms with Crippen LogP contribution in [0, 0.1) is 0 Å². The van der Waals surface area contributed by atoms with Crippen LogP contribution in [0.1, 0.15) is 264 Å². The van der Waals surface area contributed by atoms with Crippen molar-refractivity contribution in [2.75, 3.05) is 47.5 Å². The van der Waals surface area contributed by atoms with Gasteiger partial charge in [-0.3, -0.25) is 18.6 Å². The molecule has 0 bridgehead atoms. The highest BCUT2D eigenvalue weighted by Crippen LogP contribution is 2.43. The minimum atomic E-state index is -4.39. The third-order valence-electron chi connectivity index (χ3n) is 13.0. The molecule has 0 aromatic heterocycles. The minimum Gasteiger partial charge on any atom is -0.462 e. The van der Waals surface area contributed by atoms with Crippen LogP contribution in [0.25, 0.3) is 0 Å². The summed E-state index contributed by atoms with van der Waals surface area (Å²) in [5, 5.41) is 0. The van der Waals surface area contributed by atoms with E-state index in [1.807, 2.05) is 21.1 Å². The molecule has 2 unspecified atom stereocenters. The van der Waals surface area contributed by atoms with Gasteiger partial charge in [0, 0.05) is 12.8 Å². The number of carbonyl (C=O) groups excluding carboxylic acids is 2. The predicted molar refractivity (Wildman–Crippen MR) is 312 cm³/mol. The van der Waals surface area contributed by atoms with E-state index >= 15 is 0 Å². The van der Waals surface area contributed by atoms with E-state index in [0.29, 0.717) is 17.4 Å². The number of hydrogen-bond donors (Lipinski definition) is 1. The van der Waals surface area contributed by atoms with Crippen LogP contribution in [0.4, 0.5) is 0 Å². The Morgan fingerprint density at radius 1 is 0.438 bits per heavy atom. The number of hydrogen-bond acceptors (Lipinski definition) is 7. The lowest BCUT2D eigenvalue weighted by Crippen LogP contribution is -2.37. The molecule has 0 aromatic carbocycles. The summed E-state index contributed by atoms with van der Waals surface area (Å²) in [6, 6.07) is 0. The zero-order valence-corrected chi connectivity index (χ0v) is 49.0. The zero-order chi connectivity index (χ0) is 53.5. The van der Waals surface area contributed by atoms with Gasteiger partial charge in [-0.1, -0.05) is 260 Å². The molecule has 0 saturated heterocycles. The maximum Gasteiger partial charge on any atom is 0.472 e. The van der Waals surface area contributed by atoms with Crippen molar-refractivity contribution in [1.29, 1.82) is 0 Å². The average molecular weight is 1050 g/mol. The Kier molecular flexibility index (Phi) is 52.4. The van der Waals surface area contributed by atoms with Gasteiger partial charge >= 0.3 is 19.8 Å². The molecule has 0 aliphatic carbocycles. The van der Waals surface area contributed by atoms with Gasteiger partial charge in [0.1, 0.15) is 19.8 Å². The van der Waals surface area contributed by atoms with Crippen LogP contribution in [-0.4, -0.2) is 74.9 Å². The molecular formula is C63H115NO8P+. The number of phosphoric ester groups is 1. The summed E-state index contributed by atoms with van der Waals surface area (Å²) in [6.45, 7) is 4.33. The van der Waals surface area contributed by atoms with Crippen molar-refractivity contribution in [3.63, 3.8) is 0 Å². The number of likely N-dealkylation sites (N-methyl/N-ethyl adjacent to an activating group) is 1. The van der Waals surface area contributed by atoms with Crippen molar-refractivity contribution in [2.24, 2.45) is 0 Å².